The Balaban J connectivity index is 1.41. The van der Waals surface area contributed by atoms with Gasteiger partial charge in [-0.1, -0.05) is 6.07 Å². The summed E-state index contributed by atoms with van der Waals surface area (Å²) in [5, 5.41) is 12.4. The Hall–Kier alpha value is -1.84. The Morgan fingerprint density at radius 2 is 2.26 bits per heavy atom. The Labute approximate surface area is 165 Å². The fraction of sp³-hybridized carbons (Fsp3) is 0.500. The normalized spacial score (nSPS) is 18.4. The molecule has 27 heavy (non-hydrogen) atoms. The second kappa shape index (κ2) is 8.45. The van der Waals surface area contributed by atoms with E-state index in [0.29, 0.717) is 18.8 Å². The highest BCUT2D eigenvalue weighted by atomic mass is 32.2. The van der Waals surface area contributed by atoms with Gasteiger partial charge in [0, 0.05) is 35.1 Å². The molecular formula is C18H22N4O3S2. The zero-order valence-electron chi connectivity index (χ0n) is 14.9. The molecule has 0 saturated carbocycles. The zero-order chi connectivity index (χ0) is 18.6. The van der Waals surface area contributed by atoms with E-state index in [-0.39, 0.29) is 24.5 Å². The van der Waals surface area contributed by atoms with E-state index in [1.54, 1.807) is 27.8 Å². The lowest BCUT2D eigenvalue weighted by molar-refractivity contribution is -0.122. The molecule has 2 aliphatic rings. The third-order valence-corrected chi connectivity index (χ3v) is 6.48. The summed E-state index contributed by atoms with van der Waals surface area (Å²) >= 11 is 3.33. The second-order valence-corrected chi connectivity index (χ2v) is 8.69. The van der Waals surface area contributed by atoms with Gasteiger partial charge in [-0.3, -0.25) is 9.59 Å². The van der Waals surface area contributed by atoms with Crippen LogP contribution >= 0.6 is 23.1 Å². The highest BCUT2D eigenvalue weighted by Crippen LogP contribution is 2.34. The molecule has 0 spiro atoms. The molecule has 0 aliphatic carbocycles. The van der Waals surface area contributed by atoms with Crippen LogP contribution in [0.3, 0.4) is 0 Å². The molecule has 2 aromatic rings. The molecule has 0 bridgehead atoms. The van der Waals surface area contributed by atoms with Gasteiger partial charge in [-0.2, -0.15) is 16.9 Å². The summed E-state index contributed by atoms with van der Waals surface area (Å²) in [6, 6.07) is 3.88. The maximum atomic E-state index is 12.4. The van der Waals surface area contributed by atoms with Crippen LogP contribution in [0.1, 0.15) is 29.0 Å². The molecule has 0 radical (unpaired) electrons. The fourth-order valence-corrected chi connectivity index (χ4v) is 5.03. The van der Waals surface area contributed by atoms with Gasteiger partial charge in [-0.05, 0) is 24.3 Å². The van der Waals surface area contributed by atoms with Crippen LogP contribution in [0, 0.1) is 0 Å². The molecule has 2 amide bonds. The van der Waals surface area contributed by atoms with Crippen LogP contribution in [0.5, 0.6) is 0 Å². The minimum absolute atomic E-state index is 0.0851. The first-order valence-corrected chi connectivity index (χ1v) is 11.1. The summed E-state index contributed by atoms with van der Waals surface area (Å²) in [7, 11) is 0. The van der Waals surface area contributed by atoms with Crippen molar-refractivity contribution < 1.29 is 14.3 Å². The van der Waals surface area contributed by atoms with E-state index in [1.165, 1.54) is 0 Å². The van der Waals surface area contributed by atoms with Crippen molar-refractivity contribution in [3.05, 3.63) is 33.6 Å². The first kappa shape index (κ1) is 18.5. The van der Waals surface area contributed by atoms with E-state index in [0.717, 1.165) is 47.1 Å². The number of rotatable bonds is 7. The lowest BCUT2D eigenvalue weighted by Gasteiger charge is -2.13. The minimum atomic E-state index is -0.118. The van der Waals surface area contributed by atoms with Crippen molar-refractivity contribution in [2.75, 3.05) is 18.5 Å². The van der Waals surface area contributed by atoms with Gasteiger partial charge in [0.2, 0.25) is 11.8 Å². The number of thioether (sulfide) groups is 1. The molecule has 2 aromatic heterocycles. The number of hydrogen-bond donors (Lipinski definition) is 2. The standard InChI is InChI=1S/C18H22N4O3S2/c23-16(7-13-4-2-6-27-13)20-18-14-10-26-11-15(14)21-22(18)9-17(24)19-8-12-3-1-5-25-12/h2,4,6,12H,1,3,5,7-11H2,(H,19,24)(H,20,23). The largest absolute Gasteiger partial charge is 0.376 e. The summed E-state index contributed by atoms with van der Waals surface area (Å²) < 4.78 is 7.16. The van der Waals surface area contributed by atoms with E-state index in [4.69, 9.17) is 4.74 Å². The van der Waals surface area contributed by atoms with Crippen molar-refractivity contribution in [2.45, 2.75) is 43.4 Å². The van der Waals surface area contributed by atoms with Gasteiger partial charge < -0.3 is 15.4 Å². The molecule has 4 rings (SSSR count). The highest BCUT2D eigenvalue weighted by molar-refractivity contribution is 7.98. The summed E-state index contributed by atoms with van der Waals surface area (Å²) in [6.07, 6.45) is 2.47. The lowest BCUT2D eigenvalue weighted by Crippen LogP contribution is -2.34. The number of aromatic nitrogens is 2. The number of carbonyl (C=O) groups is 2. The Morgan fingerprint density at radius 3 is 3.04 bits per heavy atom. The van der Waals surface area contributed by atoms with Gasteiger partial charge in [0.1, 0.15) is 12.4 Å². The van der Waals surface area contributed by atoms with Crippen LogP contribution in [0.25, 0.3) is 0 Å². The van der Waals surface area contributed by atoms with Crippen molar-refractivity contribution in [2.24, 2.45) is 0 Å². The third kappa shape index (κ3) is 4.53. The molecule has 144 valence electrons. The molecule has 1 saturated heterocycles. The van der Waals surface area contributed by atoms with E-state index >= 15 is 0 Å². The van der Waals surface area contributed by atoms with Crippen LogP contribution in [-0.2, 0) is 38.8 Å². The Bertz CT molecular complexity index is 813. The van der Waals surface area contributed by atoms with Gasteiger partial charge in [0.15, 0.2) is 0 Å². The number of thiophene rings is 1. The SMILES string of the molecule is O=C(Cn1nc2c(c1NC(=O)Cc1cccs1)CSC2)NCC1CCCO1. The maximum absolute atomic E-state index is 12.4. The van der Waals surface area contributed by atoms with Crippen LogP contribution in [0.2, 0.25) is 0 Å². The lowest BCUT2D eigenvalue weighted by atomic mass is 10.2. The van der Waals surface area contributed by atoms with Gasteiger partial charge >= 0.3 is 0 Å². The fourth-order valence-electron chi connectivity index (χ4n) is 3.29. The van der Waals surface area contributed by atoms with Crippen LogP contribution in [0.15, 0.2) is 17.5 Å². The van der Waals surface area contributed by atoms with Crippen LogP contribution in [0.4, 0.5) is 5.82 Å². The predicted molar refractivity (Wildman–Crippen MR) is 106 cm³/mol. The predicted octanol–water partition coefficient (Wildman–Crippen LogP) is 2.17. The quantitative estimate of drug-likeness (QED) is 0.736. The van der Waals surface area contributed by atoms with Gasteiger partial charge in [0.25, 0.3) is 0 Å². The topological polar surface area (TPSA) is 85.2 Å². The van der Waals surface area contributed by atoms with Gasteiger partial charge in [-0.25, -0.2) is 4.68 Å². The monoisotopic (exact) mass is 406 g/mol. The molecule has 0 aromatic carbocycles. The highest BCUT2D eigenvalue weighted by Gasteiger charge is 2.25. The molecule has 1 atom stereocenters. The van der Waals surface area contributed by atoms with E-state index in [9.17, 15) is 9.59 Å². The average molecular weight is 407 g/mol. The van der Waals surface area contributed by atoms with Crippen LogP contribution in [-0.4, -0.2) is 40.9 Å². The molecular weight excluding hydrogens is 384 g/mol. The van der Waals surface area contributed by atoms with E-state index in [2.05, 4.69) is 15.7 Å². The van der Waals surface area contributed by atoms with Crippen molar-refractivity contribution in [3.8, 4) is 0 Å². The Kier molecular flexibility index (Phi) is 5.80. The number of hydrogen-bond acceptors (Lipinski definition) is 6. The van der Waals surface area contributed by atoms with Gasteiger partial charge in [0.05, 0.1) is 18.2 Å². The minimum Gasteiger partial charge on any atom is -0.376 e. The number of ether oxygens (including phenoxy) is 1. The number of nitrogens with one attached hydrogen (secondary N) is 2. The molecule has 4 heterocycles. The number of amides is 2. The first-order valence-electron chi connectivity index (χ1n) is 9.06. The van der Waals surface area contributed by atoms with E-state index in [1.807, 2.05) is 17.5 Å². The van der Waals surface area contributed by atoms with Gasteiger partial charge in [-0.15, -0.1) is 11.3 Å². The molecule has 1 fully saturated rings. The summed E-state index contributed by atoms with van der Waals surface area (Å²) in [4.78, 5) is 25.8. The van der Waals surface area contributed by atoms with Crippen molar-refractivity contribution >= 4 is 40.7 Å². The molecule has 2 aliphatic heterocycles. The van der Waals surface area contributed by atoms with Crippen LogP contribution < -0.4 is 10.6 Å². The van der Waals surface area contributed by atoms with Crippen molar-refractivity contribution in [1.82, 2.24) is 15.1 Å². The van der Waals surface area contributed by atoms with Crippen molar-refractivity contribution in [3.63, 3.8) is 0 Å². The number of anilines is 1. The number of carbonyl (C=O) groups excluding carboxylic acids is 2. The van der Waals surface area contributed by atoms with E-state index < -0.39 is 0 Å². The Morgan fingerprint density at radius 1 is 1.33 bits per heavy atom. The molecule has 9 heteroatoms. The smallest absolute Gasteiger partial charge is 0.241 e. The molecule has 1 unspecified atom stereocenters. The number of fused-ring (bicyclic) bond motifs is 1. The zero-order valence-corrected chi connectivity index (χ0v) is 16.5. The second-order valence-electron chi connectivity index (χ2n) is 6.67. The molecule has 7 nitrogen and oxygen atoms in total. The summed E-state index contributed by atoms with van der Waals surface area (Å²) in [5.74, 6) is 2.07. The molecule has 2 N–H and O–H groups in total. The maximum Gasteiger partial charge on any atom is 0.241 e. The third-order valence-electron chi connectivity index (χ3n) is 4.64. The summed E-state index contributed by atoms with van der Waals surface area (Å²) in [5.41, 5.74) is 1.99. The summed E-state index contributed by atoms with van der Waals surface area (Å²) in [6.45, 7) is 1.39. The van der Waals surface area contributed by atoms with Crippen molar-refractivity contribution in [1.29, 1.82) is 0 Å². The average Bonchev–Trinajstić information content (AvgIpc) is 3.40. The number of nitrogens with zero attached hydrogens (tertiary/aromatic N) is 2. The first-order chi connectivity index (χ1) is 13.2.